The lowest BCUT2D eigenvalue weighted by Crippen LogP contribution is -2.33. The molecule has 2 fully saturated rings. The molecule has 2 heteroatoms. The van der Waals surface area contributed by atoms with Crippen LogP contribution in [0.2, 0.25) is 0 Å². The minimum atomic E-state index is -0.101. The van der Waals surface area contributed by atoms with Crippen molar-refractivity contribution in [3.05, 3.63) is 0 Å². The molecule has 16 heavy (non-hydrogen) atoms. The van der Waals surface area contributed by atoms with Gasteiger partial charge in [-0.1, -0.05) is 13.8 Å². The fourth-order valence-electron chi connectivity index (χ4n) is 3.36. The number of hydrogen-bond donors (Lipinski definition) is 1. The maximum atomic E-state index is 10.3. The van der Waals surface area contributed by atoms with Crippen LogP contribution in [0.4, 0.5) is 0 Å². The van der Waals surface area contributed by atoms with Crippen LogP contribution in [0.15, 0.2) is 0 Å². The maximum Gasteiger partial charge on any atom is 0.0619 e. The van der Waals surface area contributed by atoms with Crippen LogP contribution in [0.3, 0.4) is 0 Å². The average molecular weight is 226 g/mol. The summed E-state index contributed by atoms with van der Waals surface area (Å²) in [7, 11) is 0. The fourth-order valence-corrected chi connectivity index (χ4v) is 3.36. The van der Waals surface area contributed by atoms with E-state index in [2.05, 4.69) is 13.8 Å². The fraction of sp³-hybridized carbons (Fsp3) is 1.00. The van der Waals surface area contributed by atoms with Gasteiger partial charge in [0.1, 0.15) is 0 Å². The normalized spacial score (nSPS) is 37.9. The number of hydrogen-bond acceptors (Lipinski definition) is 2. The summed E-state index contributed by atoms with van der Waals surface area (Å²) in [5.74, 6) is 2.67. The van der Waals surface area contributed by atoms with Crippen LogP contribution in [0.1, 0.15) is 46.0 Å². The topological polar surface area (TPSA) is 29.5 Å². The second-order valence-electron chi connectivity index (χ2n) is 6.03. The largest absolute Gasteiger partial charge is 0.392 e. The van der Waals surface area contributed by atoms with Crippen LogP contribution >= 0.6 is 0 Å². The molecule has 0 aromatic heterocycles. The maximum absolute atomic E-state index is 10.3. The number of ether oxygens (including phenoxy) is 1. The van der Waals surface area contributed by atoms with E-state index < -0.39 is 0 Å². The third-order valence-corrected chi connectivity index (χ3v) is 4.69. The zero-order valence-corrected chi connectivity index (χ0v) is 10.7. The molecule has 0 radical (unpaired) electrons. The molecule has 0 amide bonds. The van der Waals surface area contributed by atoms with Crippen molar-refractivity contribution in [3.8, 4) is 0 Å². The van der Waals surface area contributed by atoms with Crippen molar-refractivity contribution in [2.24, 2.45) is 23.7 Å². The third-order valence-electron chi connectivity index (χ3n) is 4.69. The van der Waals surface area contributed by atoms with Crippen LogP contribution in [0.5, 0.6) is 0 Å². The number of aliphatic hydroxyl groups excluding tert-OH is 1. The summed E-state index contributed by atoms with van der Waals surface area (Å²) in [6, 6.07) is 0. The Morgan fingerprint density at radius 1 is 0.938 bits per heavy atom. The van der Waals surface area contributed by atoms with Crippen LogP contribution in [0, 0.1) is 23.7 Å². The van der Waals surface area contributed by atoms with Crippen LogP contribution in [-0.2, 0) is 4.74 Å². The molecule has 0 aromatic carbocycles. The first-order valence-electron chi connectivity index (χ1n) is 6.94. The molecule has 94 valence electrons. The second-order valence-corrected chi connectivity index (χ2v) is 6.03. The first-order valence-corrected chi connectivity index (χ1v) is 6.94. The Hall–Kier alpha value is -0.0800. The van der Waals surface area contributed by atoms with E-state index in [-0.39, 0.29) is 6.10 Å². The molecule has 2 atom stereocenters. The van der Waals surface area contributed by atoms with Crippen LogP contribution in [-0.4, -0.2) is 24.4 Å². The summed E-state index contributed by atoms with van der Waals surface area (Å²) in [5.41, 5.74) is 0. The molecule has 2 unspecified atom stereocenters. The summed E-state index contributed by atoms with van der Waals surface area (Å²) in [6.45, 7) is 6.28. The number of rotatable bonds is 3. The molecule has 1 N–H and O–H groups in total. The van der Waals surface area contributed by atoms with Crippen LogP contribution < -0.4 is 0 Å². The molecule has 0 bridgehead atoms. The molecule has 1 aliphatic heterocycles. The van der Waals surface area contributed by atoms with E-state index in [1.165, 1.54) is 25.7 Å². The van der Waals surface area contributed by atoms with Gasteiger partial charge in [-0.2, -0.15) is 0 Å². The van der Waals surface area contributed by atoms with E-state index in [9.17, 15) is 5.11 Å². The predicted octanol–water partition coefficient (Wildman–Crippen LogP) is 2.85. The lowest BCUT2D eigenvalue weighted by atomic mass is 9.73. The molecule has 2 nitrogen and oxygen atoms in total. The Bertz CT molecular complexity index is 201. The Kier molecular flexibility index (Phi) is 4.26. The van der Waals surface area contributed by atoms with Gasteiger partial charge in [-0.25, -0.2) is 0 Å². The molecule has 2 rings (SSSR count). The average Bonchev–Trinajstić information content (AvgIpc) is 2.81. The van der Waals surface area contributed by atoms with Gasteiger partial charge >= 0.3 is 0 Å². The smallest absolute Gasteiger partial charge is 0.0619 e. The molecule has 2 aliphatic rings. The van der Waals surface area contributed by atoms with Gasteiger partial charge < -0.3 is 9.84 Å². The van der Waals surface area contributed by atoms with E-state index in [0.717, 1.165) is 31.5 Å². The van der Waals surface area contributed by atoms with Crippen LogP contribution in [0.25, 0.3) is 0 Å². The van der Waals surface area contributed by atoms with Crippen molar-refractivity contribution in [1.82, 2.24) is 0 Å². The molecular weight excluding hydrogens is 200 g/mol. The molecule has 1 saturated heterocycles. The van der Waals surface area contributed by atoms with Gasteiger partial charge in [0.15, 0.2) is 0 Å². The minimum Gasteiger partial charge on any atom is -0.392 e. The van der Waals surface area contributed by atoms with Crippen molar-refractivity contribution >= 4 is 0 Å². The summed E-state index contributed by atoms with van der Waals surface area (Å²) < 4.78 is 5.37. The quantitative estimate of drug-likeness (QED) is 0.802. The van der Waals surface area contributed by atoms with E-state index >= 15 is 0 Å². The Labute approximate surface area is 99.4 Å². The van der Waals surface area contributed by atoms with E-state index in [4.69, 9.17) is 4.74 Å². The van der Waals surface area contributed by atoms with E-state index in [1.54, 1.807) is 0 Å². The van der Waals surface area contributed by atoms with Gasteiger partial charge in [0.05, 0.1) is 12.7 Å². The Morgan fingerprint density at radius 3 is 2.06 bits per heavy atom. The lowest BCUT2D eigenvalue weighted by Gasteiger charge is -2.35. The highest BCUT2D eigenvalue weighted by Gasteiger charge is 2.33. The highest BCUT2D eigenvalue weighted by molar-refractivity contribution is 4.83. The molecule has 1 aliphatic carbocycles. The Morgan fingerprint density at radius 2 is 1.56 bits per heavy atom. The summed E-state index contributed by atoms with van der Waals surface area (Å²) in [4.78, 5) is 0. The standard InChI is InChI=1S/C14H26O2/c1-10(2)11-3-5-12(6-4-11)14(15)13-7-8-16-9-13/h10-15H,3-9H2,1-2H3. The van der Waals surface area contributed by atoms with Crippen molar-refractivity contribution in [2.45, 2.75) is 52.1 Å². The van der Waals surface area contributed by atoms with Crippen molar-refractivity contribution in [3.63, 3.8) is 0 Å². The molecule has 0 aromatic rings. The zero-order chi connectivity index (χ0) is 11.5. The second kappa shape index (κ2) is 5.50. The highest BCUT2D eigenvalue weighted by Crippen LogP contribution is 2.37. The molecule has 1 heterocycles. The van der Waals surface area contributed by atoms with Gasteiger partial charge in [-0.3, -0.25) is 0 Å². The first kappa shape index (κ1) is 12.4. The van der Waals surface area contributed by atoms with Gasteiger partial charge in [0.25, 0.3) is 0 Å². The van der Waals surface area contributed by atoms with E-state index in [1.807, 2.05) is 0 Å². The first-order chi connectivity index (χ1) is 7.68. The molecular formula is C14H26O2. The summed E-state index contributed by atoms with van der Waals surface area (Å²) >= 11 is 0. The lowest BCUT2D eigenvalue weighted by molar-refractivity contribution is 0.0179. The van der Waals surface area contributed by atoms with Gasteiger partial charge in [-0.15, -0.1) is 0 Å². The Balaban J connectivity index is 1.79. The van der Waals surface area contributed by atoms with Gasteiger partial charge in [0.2, 0.25) is 0 Å². The minimum absolute atomic E-state index is 0.101. The SMILES string of the molecule is CC(C)C1CCC(C(O)C2CCOC2)CC1. The predicted molar refractivity (Wildman–Crippen MR) is 65.2 cm³/mol. The third kappa shape index (κ3) is 2.78. The number of aliphatic hydroxyl groups is 1. The molecule has 1 saturated carbocycles. The van der Waals surface area contributed by atoms with Crippen molar-refractivity contribution < 1.29 is 9.84 Å². The van der Waals surface area contributed by atoms with Gasteiger partial charge in [-0.05, 0) is 49.9 Å². The monoisotopic (exact) mass is 226 g/mol. The zero-order valence-electron chi connectivity index (χ0n) is 10.7. The molecule has 0 spiro atoms. The highest BCUT2D eigenvalue weighted by atomic mass is 16.5. The van der Waals surface area contributed by atoms with E-state index in [0.29, 0.717) is 11.8 Å². The van der Waals surface area contributed by atoms with Gasteiger partial charge in [0, 0.05) is 12.5 Å². The summed E-state index contributed by atoms with van der Waals surface area (Å²) in [5, 5.41) is 10.3. The van der Waals surface area contributed by atoms with Crippen molar-refractivity contribution in [2.75, 3.05) is 13.2 Å². The van der Waals surface area contributed by atoms with Crippen molar-refractivity contribution in [1.29, 1.82) is 0 Å². The summed E-state index contributed by atoms with van der Waals surface area (Å²) in [6.07, 6.45) is 6.03.